The Bertz CT molecular complexity index is 281. The van der Waals surface area contributed by atoms with E-state index in [0.29, 0.717) is 6.61 Å². The van der Waals surface area contributed by atoms with Crippen molar-refractivity contribution in [3.05, 3.63) is 35.9 Å². The Labute approximate surface area is 94.3 Å². The number of aliphatic hydroxyl groups is 3. The van der Waals surface area contributed by atoms with E-state index in [1.54, 1.807) is 0 Å². The van der Waals surface area contributed by atoms with E-state index in [1.165, 1.54) is 5.48 Å². The number of aliphatic hydroxyl groups excluding tert-OH is 3. The highest BCUT2D eigenvalue weighted by atomic mass is 16.6. The zero-order valence-corrected chi connectivity index (χ0v) is 8.99. The van der Waals surface area contributed by atoms with Crippen LogP contribution in [0.15, 0.2) is 30.3 Å². The summed E-state index contributed by atoms with van der Waals surface area (Å²) in [5, 5.41) is 27.0. The third-order valence-electron chi connectivity index (χ3n) is 2.26. The molecular formula is C11H18NO4+. The second-order valence-corrected chi connectivity index (χ2v) is 3.53. The molecule has 16 heavy (non-hydrogen) atoms. The Morgan fingerprint density at radius 3 is 2.38 bits per heavy atom. The van der Waals surface area contributed by atoms with Crippen molar-refractivity contribution in [3.8, 4) is 0 Å². The smallest absolute Gasteiger partial charge is 0.167 e. The number of quaternary nitrogens is 1. The molecule has 1 rings (SSSR count). The largest absolute Gasteiger partial charge is 0.393 e. The predicted octanol–water partition coefficient (Wildman–Crippen LogP) is -1.60. The summed E-state index contributed by atoms with van der Waals surface area (Å²) in [6.45, 7) is -0.261. The van der Waals surface area contributed by atoms with Gasteiger partial charge in [0, 0.05) is 0 Å². The van der Waals surface area contributed by atoms with Gasteiger partial charge < -0.3 is 15.3 Å². The molecule has 0 saturated carbocycles. The molecule has 0 saturated heterocycles. The van der Waals surface area contributed by atoms with Gasteiger partial charge >= 0.3 is 0 Å². The van der Waals surface area contributed by atoms with E-state index >= 15 is 0 Å². The molecule has 0 heterocycles. The van der Waals surface area contributed by atoms with Crippen LogP contribution in [0.2, 0.25) is 0 Å². The van der Waals surface area contributed by atoms with E-state index in [-0.39, 0.29) is 6.61 Å². The number of hydrogen-bond acceptors (Lipinski definition) is 4. The van der Waals surface area contributed by atoms with Crippen LogP contribution in [0.3, 0.4) is 0 Å². The first-order chi connectivity index (χ1) is 7.77. The molecule has 90 valence electrons. The summed E-state index contributed by atoms with van der Waals surface area (Å²) in [7, 11) is 0. The predicted molar refractivity (Wildman–Crippen MR) is 57.1 cm³/mol. The zero-order valence-electron chi connectivity index (χ0n) is 8.99. The van der Waals surface area contributed by atoms with Crippen LogP contribution in [0.1, 0.15) is 5.56 Å². The maximum absolute atomic E-state index is 9.29. The Kier molecular flexibility index (Phi) is 5.99. The Hall–Kier alpha value is -0.980. The molecule has 0 amide bonds. The van der Waals surface area contributed by atoms with Crippen molar-refractivity contribution in [2.75, 3.05) is 13.2 Å². The van der Waals surface area contributed by atoms with Crippen LogP contribution in [0, 0.1) is 0 Å². The Morgan fingerprint density at radius 1 is 1.12 bits per heavy atom. The highest BCUT2D eigenvalue weighted by Crippen LogP contribution is 1.98. The van der Waals surface area contributed by atoms with E-state index in [9.17, 15) is 5.11 Å². The third-order valence-corrected chi connectivity index (χ3v) is 2.26. The highest BCUT2D eigenvalue weighted by Gasteiger charge is 2.21. The fourth-order valence-corrected chi connectivity index (χ4v) is 1.23. The number of nitrogens with two attached hydrogens (primary N) is 1. The Balaban J connectivity index is 2.28. The summed E-state index contributed by atoms with van der Waals surface area (Å²) >= 11 is 0. The van der Waals surface area contributed by atoms with Crippen LogP contribution in [0.5, 0.6) is 0 Å². The van der Waals surface area contributed by atoms with Gasteiger partial charge in [-0.3, -0.25) is 0 Å². The van der Waals surface area contributed by atoms with E-state index in [4.69, 9.17) is 15.1 Å². The monoisotopic (exact) mass is 228 g/mol. The van der Waals surface area contributed by atoms with Crippen LogP contribution in [0.25, 0.3) is 0 Å². The maximum Gasteiger partial charge on any atom is 0.167 e. The minimum Gasteiger partial charge on any atom is -0.393 e. The van der Waals surface area contributed by atoms with Crippen molar-refractivity contribution < 1.29 is 25.6 Å². The number of hydroxylamine groups is 1. The normalized spacial score (nSPS) is 14.7. The van der Waals surface area contributed by atoms with Gasteiger partial charge in [0.15, 0.2) is 6.04 Å². The second-order valence-electron chi connectivity index (χ2n) is 3.53. The summed E-state index contributed by atoms with van der Waals surface area (Å²) in [6, 6.07) is 9.01. The molecule has 5 nitrogen and oxygen atoms in total. The molecule has 1 aromatic rings. The van der Waals surface area contributed by atoms with E-state index < -0.39 is 18.8 Å². The molecule has 0 unspecified atom stereocenters. The summed E-state index contributed by atoms with van der Waals surface area (Å²) in [5.74, 6) is 0. The molecule has 0 aliphatic heterocycles. The quantitative estimate of drug-likeness (QED) is 0.423. The zero-order chi connectivity index (χ0) is 11.8. The van der Waals surface area contributed by atoms with Gasteiger partial charge in [-0.1, -0.05) is 30.3 Å². The van der Waals surface area contributed by atoms with E-state index in [0.717, 1.165) is 5.56 Å². The Morgan fingerprint density at radius 2 is 1.81 bits per heavy atom. The van der Waals surface area contributed by atoms with Crippen molar-refractivity contribution in [2.45, 2.75) is 18.8 Å². The van der Waals surface area contributed by atoms with Gasteiger partial charge in [0.25, 0.3) is 0 Å². The summed E-state index contributed by atoms with van der Waals surface area (Å²) in [4.78, 5) is 5.24. The average molecular weight is 228 g/mol. The van der Waals surface area contributed by atoms with Gasteiger partial charge in [-0.15, -0.1) is 0 Å². The lowest BCUT2D eigenvalue weighted by molar-refractivity contribution is -0.925. The summed E-state index contributed by atoms with van der Waals surface area (Å²) < 4.78 is 0. The average Bonchev–Trinajstić information content (AvgIpc) is 2.35. The standard InChI is InChI=1S/C11H17NO4/c13-6-10(11(15)7-14)12-16-8-9-4-2-1-3-5-9/h1-5,10-15H,6-8H2/p+1/t10-,11+/m1/s1. The van der Waals surface area contributed by atoms with Gasteiger partial charge in [0.05, 0.1) is 6.61 Å². The van der Waals surface area contributed by atoms with Gasteiger partial charge in [0.2, 0.25) is 0 Å². The lowest BCUT2D eigenvalue weighted by Gasteiger charge is -2.15. The third kappa shape index (κ3) is 4.26. The molecular weight excluding hydrogens is 210 g/mol. The van der Waals surface area contributed by atoms with Crippen molar-refractivity contribution in [1.29, 1.82) is 0 Å². The minimum absolute atomic E-state index is 0.253. The van der Waals surface area contributed by atoms with Crippen LogP contribution in [-0.4, -0.2) is 40.7 Å². The first-order valence-corrected chi connectivity index (χ1v) is 5.16. The van der Waals surface area contributed by atoms with Crippen molar-refractivity contribution in [3.63, 3.8) is 0 Å². The van der Waals surface area contributed by atoms with E-state index in [1.807, 2.05) is 30.3 Å². The summed E-state index contributed by atoms with van der Waals surface area (Å²) in [6.07, 6.45) is -0.985. The lowest BCUT2D eigenvalue weighted by Crippen LogP contribution is -2.92. The number of hydrogen-bond donors (Lipinski definition) is 4. The molecule has 1 aromatic carbocycles. The molecule has 5 N–H and O–H groups in total. The molecule has 0 spiro atoms. The van der Waals surface area contributed by atoms with Gasteiger partial charge in [-0.2, -0.15) is 5.48 Å². The maximum atomic E-state index is 9.29. The SMILES string of the molecule is OC[C@H](O)[C@@H](CO)[NH2+]OCc1ccccc1. The fraction of sp³-hybridized carbons (Fsp3) is 0.455. The van der Waals surface area contributed by atoms with Crippen molar-refractivity contribution in [1.82, 2.24) is 0 Å². The molecule has 0 fully saturated rings. The highest BCUT2D eigenvalue weighted by molar-refractivity contribution is 5.13. The van der Waals surface area contributed by atoms with Gasteiger partial charge in [-0.05, 0) is 5.56 Å². The van der Waals surface area contributed by atoms with Gasteiger partial charge in [-0.25, -0.2) is 4.84 Å². The number of benzene rings is 1. The molecule has 0 aliphatic rings. The minimum atomic E-state index is -0.985. The molecule has 2 atom stereocenters. The second kappa shape index (κ2) is 7.32. The van der Waals surface area contributed by atoms with Crippen molar-refractivity contribution >= 4 is 0 Å². The van der Waals surface area contributed by atoms with E-state index in [2.05, 4.69) is 0 Å². The van der Waals surface area contributed by atoms with Crippen LogP contribution >= 0.6 is 0 Å². The first-order valence-electron chi connectivity index (χ1n) is 5.16. The lowest BCUT2D eigenvalue weighted by atomic mass is 10.2. The van der Waals surface area contributed by atoms with Crippen molar-refractivity contribution in [2.24, 2.45) is 0 Å². The van der Waals surface area contributed by atoms with Crippen LogP contribution < -0.4 is 5.48 Å². The molecule has 0 bridgehead atoms. The van der Waals surface area contributed by atoms with Crippen LogP contribution in [-0.2, 0) is 11.4 Å². The van der Waals surface area contributed by atoms with Gasteiger partial charge in [0.1, 0.15) is 19.3 Å². The molecule has 0 aliphatic carbocycles. The molecule has 0 aromatic heterocycles. The number of rotatable bonds is 7. The topological polar surface area (TPSA) is 86.5 Å². The summed E-state index contributed by atoms with van der Waals surface area (Å²) in [5.41, 5.74) is 2.38. The first kappa shape index (κ1) is 13.1. The van der Waals surface area contributed by atoms with Crippen LogP contribution in [0.4, 0.5) is 0 Å². The fourth-order valence-electron chi connectivity index (χ4n) is 1.23. The molecule has 5 heteroatoms. The molecule has 0 radical (unpaired) electrons.